The van der Waals surface area contributed by atoms with E-state index in [1.807, 2.05) is 16.7 Å². The van der Waals surface area contributed by atoms with E-state index in [0.717, 1.165) is 31.6 Å². The number of thioether (sulfide) groups is 1. The molecule has 0 saturated carbocycles. The van der Waals surface area contributed by atoms with Gasteiger partial charge in [-0.3, -0.25) is 10.1 Å². The summed E-state index contributed by atoms with van der Waals surface area (Å²) in [6.07, 6.45) is 5.24. The van der Waals surface area contributed by atoms with E-state index in [0.29, 0.717) is 0 Å². The molecule has 0 spiro atoms. The highest BCUT2D eigenvalue weighted by molar-refractivity contribution is 7.98. The second-order valence-corrected chi connectivity index (χ2v) is 6.77. The highest BCUT2D eigenvalue weighted by Crippen LogP contribution is 2.30. The Morgan fingerprint density at radius 1 is 1.53 bits per heavy atom. The van der Waals surface area contributed by atoms with Gasteiger partial charge in [-0.1, -0.05) is 19.4 Å². The van der Waals surface area contributed by atoms with E-state index in [1.54, 1.807) is 11.3 Å². The lowest BCUT2D eigenvalue weighted by Gasteiger charge is -2.23. The Morgan fingerprint density at radius 2 is 2.37 bits per heavy atom. The lowest BCUT2D eigenvalue weighted by Crippen LogP contribution is -2.32. The monoisotopic (exact) mass is 298 g/mol. The average Bonchev–Trinajstić information content (AvgIpc) is 3.02. The number of carbonyl (C=O) groups excluding carboxylic acids is 1. The smallest absolute Gasteiger partial charge is 0.241 e. The molecule has 1 aromatic heterocycles. The van der Waals surface area contributed by atoms with Crippen molar-refractivity contribution < 1.29 is 4.79 Å². The van der Waals surface area contributed by atoms with E-state index in [9.17, 15) is 4.79 Å². The molecule has 1 amide bonds. The van der Waals surface area contributed by atoms with E-state index >= 15 is 0 Å². The Labute approximate surface area is 123 Å². The van der Waals surface area contributed by atoms with Crippen LogP contribution < -0.4 is 5.32 Å². The molecule has 2 heterocycles. The fraction of sp³-hybridized carbons (Fsp3) is 0.643. The van der Waals surface area contributed by atoms with Crippen molar-refractivity contribution in [2.75, 3.05) is 18.6 Å². The van der Waals surface area contributed by atoms with Crippen LogP contribution in [0.3, 0.4) is 0 Å². The van der Waals surface area contributed by atoms with Crippen molar-refractivity contribution in [1.29, 1.82) is 0 Å². The topological polar surface area (TPSA) is 32.3 Å². The van der Waals surface area contributed by atoms with Gasteiger partial charge in [-0.25, -0.2) is 0 Å². The van der Waals surface area contributed by atoms with E-state index in [1.165, 1.54) is 4.88 Å². The standard InChI is InChI=1S/C14H22N2OS2/c1-3-6-11-14(17)16(8-5-9-18-2)13(15-11)12-7-4-10-19-12/h4,7,10-11,13,15H,3,5-6,8-9H2,1-2H3. The summed E-state index contributed by atoms with van der Waals surface area (Å²) in [5.41, 5.74) is 0. The molecule has 106 valence electrons. The number of hydrogen-bond donors (Lipinski definition) is 1. The van der Waals surface area contributed by atoms with Crippen molar-refractivity contribution in [2.24, 2.45) is 0 Å². The number of rotatable bonds is 7. The zero-order valence-electron chi connectivity index (χ0n) is 11.6. The molecular formula is C14H22N2OS2. The largest absolute Gasteiger partial charge is 0.321 e. The molecule has 0 radical (unpaired) electrons. The van der Waals surface area contributed by atoms with Gasteiger partial charge < -0.3 is 4.90 Å². The summed E-state index contributed by atoms with van der Waals surface area (Å²) in [6, 6.07) is 4.18. The SMILES string of the molecule is CCCC1NC(c2cccs2)N(CCCSC)C1=O. The molecule has 1 saturated heterocycles. The van der Waals surface area contributed by atoms with Crippen molar-refractivity contribution >= 4 is 29.0 Å². The Hall–Kier alpha value is -0.520. The minimum Gasteiger partial charge on any atom is -0.321 e. The molecule has 1 aromatic rings. The van der Waals surface area contributed by atoms with Crippen molar-refractivity contribution in [3.63, 3.8) is 0 Å². The number of amides is 1. The fourth-order valence-electron chi connectivity index (χ4n) is 2.48. The Morgan fingerprint density at radius 3 is 3.00 bits per heavy atom. The summed E-state index contributed by atoms with van der Waals surface area (Å²) in [6.45, 7) is 2.99. The summed E-state index contributed by atoms with van der Waals surface area (Å²) in [7, 11) is 0. The molecule has 1 N–H and O–H groups in total. The van der Waals surface area contributed by atoms with Crippen LogP contribution in [0, 0.1) is 0 Å². The normalized spacial score (nSPS) is 23.3. The van der Waals surface area contributed by atoms with Gasteiger partial charge in [0.05, 0.1) is 6.04 Å². The third-order valence-electron chi connectivity index (χ3n) is 3.39. The maximum Gasteiger partial charge on any atom is 0.241 e. The van der Waals surface area contributed by atoms with Crippen LogP contribution in [0.15, 0.2) is 17.5 Å². The molecule has 19 heavy (non-hydrogen) atoms. The lowest BCUT2D eigenvalue weighted by atomic mass is 10.2. The van der Waals surface area contributed by atoms with E-state index < -0.39 is 0 Å². The first-order valence-electron chi connectivity index (χ1n) is 6.86. The van der Waals surface area contributed by atoms with Crippen molar-refractivity contribution in [3.8, 4) is 0 Å². The van der Waals surface area contributed by atoms with Crippen molar-refractivity contribution in [3.05, 3.63) is 22.4 Å². The highest BCUT2D eigenvalue weighted by atomic mass is 32.2. The predicted octanol–water partition coefficient (Wildman–Crippen LogP) is 3.10. The summed E-state index contributed by atoms with van der Waals surface area (Å²) >= 11 is 3.56. The van der Waals surface area contributed by atoms with Crippen LogP contribution in [0.4, 0.5) is 0 Å². The summed E-state index contributed by atoms with van der Waals surface area (Å²) < 4.78 is 0. The molecular weight excluding hydrogens is 276 g/mol. The fourth-order valence-corrected chi connectivity index (χ4v) is 3.69. The summed E-state index contributed by atoms with van der Waals surface area (Å²) in [5.74, 6) is 1.39. The van der Waals surface area contributed by atoms with Crippen LogP contribution in [0.5, 0.6) is 0 Å². The third kappa shape index (κ3) is 3.52. The Balaban J connectivity index is 2.07. The van der Waals surface area contributed by atoms with E-state index in [2.05, 4.69) is 36.0 Å². The van der Waals surface area contributed by atoms with Crippen LogP contribution >= 0.6 is 23.1 Å². The number of thiophene rings is 1. The first kappa shape index (κ1) is 14.9. The van der Waals surface area contributed by atoms with Crippen LogP contribution in [-0.4, -0.2) is 35.4 Å². The lowest BCUT2D eigenvalue weighted by molar-refractivity contribution is -0.130. The van der Waals surface area contributed by atoms with Crippen LogP contribution in [0.1, 0.15) is 37.2 Å². The molecule has 2 rings (SSSR count). The van der Waals surface area contributed by atoms with Gasteiger partial charge in [-0.15, -0.1) is 11.3 Å². The maximum atomic E-state index is 12.5. The zero-order valence-corrected chi connectivity index (χ0v) is 13.2. The summed E-state index contributed by atoms with van der Waals surface area (Å²) in [5, 5.41) is 5.58. The van der Waals surface area contributed by atoms with Crippen molar-refractivity contribution in [2.45, 2.75) is 38.4 Å². The number of nitrogens with one attached hydrogen (secondary N) is 1. The molecule has 5 heteroatoms. The minimum atomic E-state index is 0.00591. The van der Waals surface area contributed by atoms with Crippen LogP contribution in [0.25, 0.3) is 0 Å². The van der Waals surface area contributed by atoms with Crippen molar-refractivity contribution in [1.82, 2.24) is 10.2 Å². The second-order valence-electron chi connectivity index (χ2n) is 4.80. The zero-order chi connectivity index (χ0) is 13.7. The first-order chi connectivity index (χ1) is 9.27. The average molecular weight is 298 g/mol. The van der Waals surface area contributed by atoms with Gasteiger partial charge in [-0.05, 0) is 36.3 Å². The second kappa shape index (κ2) is 7.31. The minimum absolute atomic E-state index is 0.00591. The molecule has 0 aliphatic carbocycles. The molecule has 2 atom stereocenters. The molecule has 1 aliphatic rings. The predicted molar refractivity (Wildman–Crippen MR) is 83.6 cm³/mol. The van der Waals surface area contributed by atoms with Gasteiger partial charge in [-0.2, -0.15) is 11.8 Å². The quantitative estimate of drug-likeness (QED) is 0.785. The molecule has 2 unspecified atom stereocenters. The first-order valence-corrected chi connectivity index (χ1v) is 9.14. The molecule has 1 aliphatic heterocycles. The maximum absolute atomic E-state index is 12.5. The molecule has 3 nitrogen and oxygen atoms in total. The van der Waals surface area contributed by atoms with Gasteiger partial charge >= 0.3 is 0 Å². The van der Waals surface area contributed by atoms with Gasteiger partial charge in [0.15, 0.2) is 0 Å². The number of hydrogen-bond acceptors (Lipinski definition) is 4. The number of nitrogens with zero attached hydrogens (tertiary/aromatic N) is 1. The molecule has 1 fully saturated rings. The molecule has 0 bridgehead atoms. The number of carbonyl (C=O) groups is 1. The van der Waals surface area contributed by atoms with Gasteiger partial charge in [0.25, 0.3) is 0 Å². The van der Waals surface area contributed by atoms with Crippen LogP contribution in [-0.2, 0) is 4.79 Å². The van der Waals surface area contributed by atoms with Gasteiger partial charge in [0.1, 0.15) is 6.17 Å². The highest BCUT2D eigenvalue weighted by Gasteiger charge is 2.38. The van der Waals surface area contributed by atoms with Crippen LogP contribution in [0.2, 0.25) is 0 Å². The van der Waals surface area contributed by atoms with E-state index in [4.69, 9.17) is 0 Å². The van der Waals surface area contributed by atoms with Gasteiger partial charge in [0, 0.05) is 11.4 Å². The van der Waals surface area contributed by atoms with Gasteiger partial charge in [0.2, 0.25) is 5.91 Å². The summed E-state index contributed by atoms with van der Waals surface area (Å²) in [4.78, 5) is 15.7. The Bertz CT molecular complexity index is 394. The molecule has 0 aromatic carbocycles. The Kier molecular flexibility index (Phi) is 5.73. The van der Waals surface area contributed by atoms with E-state index in [-0.39, 0.29) is 18.1 Å². The third-order valence-corrected chi connectivity index (χ3v) is 5.01.